The molecule has 0 saturated heterocycles. The predicted molar refractivity (Wildman–Crippen MR) is 162 cm³/mol. The number of aromatic nitrogens is 5. The Balaban J connectivity index is 1.29. The van der Waals surface area contributed by atoms with Crippen LogP contribution in [0.1, 0.15) is 45.5 Å². The summed E-state index contributed by atoms with van der Waals surface area (Å²) in [5, 5.41) is 9.53. The molecule has 0 atom stereocenters. The highest BCUT2D eigenvalue weighted by atomic mass is 19.1. The molecule has 0 amide bonds. The minimum absolute atomic E-state index is 0.0289. The molecule has 0 radical (unpaired) electrons. The molecule has 1 N–H and O–H groups in total. The zero-order chi connectivity index (χ0) is 31.7. The maximum Gasteiger partial charge on any atom is 0.335 e. The molecule has 3 heterocycles. The van der Waals surface area contributed by atoms with Crippen LogP contribution >= 0.6 is 0 Å². The topological polar surface area (TPSA) is 95.1 Å². The minimum atomic E-state index is -1.26. The summed E-state index contributed by atoms with van der Waals surface area (Å²) in [6.45, 7) is 4.65. The number of aryl methyl sites for hydroxylation is 2. The third kappa shape index (κ3) is 6.14. The van der Waals surface area contributed by atoms with E-state index >= 15 is 8.78 Å². The number of rotatable bonds is 10. The van der Waals surface area contributed by atoms with Crippen molar-refractivity contribution in [2.45, 2.75) is 40.0 Å². The highest BCUT2D eigenvalue weighted by Crippen LogP contribution is 2.28. The number of benzene rings is 3. The van der Waals surface area contributed by atoms with E-state index in [0.29, 0.717) is 34.7 Å². The Kier molecular flexibility index (Phi) is 8.08. The van der Waals surface area contributed by atoms with Gasteiger partial charge in [0.25, 0.3) is 0 Å². The van der Waals surface area contributed by atoms with Crippen molar-refractivity contribution in [2.75, 3.05) is 0 Å². The smallest absolute Gasteiger partial charge is 0.335 e. The molecule has 0 aliphatic rings. The highest BCUT2D eigenvalue weighted by molar-refractivity contribution is 5.92. The summed E-state index contributed by atoms with van der Waals surface area (Å²) in [5.74, 6) is -2.27. The monoisotopic (exact) mass is 611 g/mol. The molecule has 0 aliphatic carbocycles. The number of hydrogen-bond donors (Lipinski definition) is 1. The summed E-state index contributed by atoms with van der Waals surface area (Å²) in [4.78, 5) is 24.8. The van der Waals surface area contributed by atoms with E-state index in [-0.39, 0.29) is 47.9 Å². The Morgan fingerprint density at radius 2 is 1.80 bits per heavy atom. The van der Waals surface area contributed by atoms with E-state index in [2.05, 4.69) is 15.0 Å². The van der Waals surface area contributed by atoms with Crippen molar-refractivity contribution in [2.24, 2.45) is 0 Å². The summed E-state index contributed by atoms with van der Waals surface area (Å²) in [6, 6.07) is 16.8. The van der Waals surface area contributed by atoms with Gasteiger partial charge in [0, 0.05) is 36.4 Å². The third-order valence-corrected chi connectivity index (χ3v) is 7.57. The van der Waals surface area contributed by atoms with Crippen molar-refractivity contribution in [3.8, 4) is 17.1 Å². The quantitative estimate of drug-likeness (QED) is 0.180. The summed E-state index contributed by atoms with van der Waals surface area (Å²) >= 11 is 0. The molecule has 8 nitrogen and oxygen atoms in total. The van der Waals surface area contributed by atoms with Crippen LogP contribution < -0.4 is 4.74 Å². The second-order valence-corrected chi connectivity index (χ2v) is 10.7. The predicted octanol–water partition coefficient (Wildman–Crippen LogP) is 6.96. The fourth-order valence-electron chi connectivity index (χ4n) is 5.22. The van der Waals surface area contributed by atoms with E-state index in [1.807, 2.05) is 11.5 Å². The van der Waals surface area contributed by atoms with Crippen LogP contribution in [0.3, 0.4) is 0 Å². The summed E-state index contributed by atoms with van der Waals surface area (Å²) in [7, 11) is 0. The van der Waals surface area contributed by atoms with Crippen LogP contribution in [0.5, 0.6) is 5.88 Å². The number of carboxylic acid groups (broad SMARTS) is 1. The number of carbonyl (C=O) groups is 1. The number of imidazole rings is 2. The van der Waals surface area contributed by atoms with Crippen molar-refractivity contribution >= 4 is 17.0 Å². The number of aromatic carboxylic acids is 1. The molecular formula is C34H28F3N5O3. The lowest BCUT2D eigenvalue weighted by molar-refractivity contribution is 0.0696. The highest BCUT2D eigenvalue weighted by Gasteiger charge is 2.20. The van der Waals surface area contributed by atoms with E-state index in [1.54, 1.807) is 66.5 Å². The largest absolute Gasteiger partial charge is 0.478 e. The molecule has 0 fully saturated rings. The van der Waals surface area contributed by atoms with Gasteiger partial charge >= 0.3 is 5.97 Å². The van der Waals surface area contributed by atoms with Gasteiger partial charge in [-0.15, -0.1) is 0 Å². The number of ether oxygens (including phenoxy) is 1. The number of halogens is 3. The SMILES string of the molecule is CCn1cncc1Cn1c(Cc2ccc(-c3cccc(OCc4ccc(C)cc4F)n3)c(F)c2)nc2c(F)cc(C(=O)O)cc21. The van der Waals surface area contributed by atoms with E-state index in [9.17, 15) is 14.3 Å². The standard InChI is InChI=1S/C34H28F3N5O3/c1-3-41-19-38-16-24(41)17-42-30-15-23(34(43)44)14-28(37)33(30)40-31(42)13-21-8-10-25(27(36)12-21)29-5-4-6-32(39-29)45-18-22-9-7-20(2)11-26(22)35/h4-12,14-16,19H,3,13,17-18H2,1-2H3,(H,43,44). The molecule has 0 bridgehead atoms. The first-order valence-electron chi connectivity index (χ1n) is 14.2. The zero-order valence-corrected chi connectivity index (χ0v) is 24.5. The second-order valence-electron chi connectivity index (χ2n) is 10.7. The van der Waals surface area contributed by atoms with Crippen molar-refractivity contribution in [1.29, 1.82) is 0 Å². The molecule has 3 aromatic heterocycles. The molecule has 0 spiro atoms. The van der Waals surface area contributed by atoms with Crippen LogP contribution in [0.15, 0.2) is 79.3 Å². The number of fused-ring (bicyclic) bond motifs is 1. The molecule has 0 unspecified atom stereocenters. The molecule has 3 aromatic carbocycles. The molecular weight excluding hydrogens is 583 g/mol. The fraction of sp³-hybridized carbons (Fsp3) is 0.176. The first kappa shape index (κ1) is 29.6. The first-order chi connectivity index (χ1) is 21.7. The fourth-order valence-corrected chi connectivity index (χ4v) is 5.22. The van der Waals surface area contributed by atoms with Crippen LogP contribution in [-0.2, 0) is 26.1 Å². The molecule has 0 saturated carbocycles. The number of carboxylic acids is 1. The first-order valence-corrected chi connectivity index (χ1v) is 14.2. The summed E-state index contributed by atoms with van der Waals surface area (Å²) in [6.07, 6.45) is 3.51. The van der Waals surface area contributed by atoms with E-state index < -0.39 is 17.6 Å². The van der Waals surface area contributed by atoms with Crippen LogP contribution in [0.2, 0.25) is 0 Å². The normalized spacial score (nSPS) is 11.3. The van der Waals surface area contributed by atoms with Gasteiger partial charge in [-0.25, -0.2) is 32.9 Å². The molecule has 6 aromatic rings. The molecule has 11 heteroatoms. The van der Waals surface area contributed by atoms with Gasteiger partial charge in [0.2, 0.25) is 5.88 Å². The van der Waals surface area contributed by atoms with Crippen LogP contribution in [0, 0.1) is 24.4 Å². The van der Waals surface area contributed by atoms with Gasteiger partial charge in [0.05, 0.1) is 35.3 Å². The Morgan fingerprint density at radius 1 is 0.956 bits per heavy atom. The average Bonchev–Trinajstić information content (AvgIpc) is 3.61. The van der Waals surface area contributed by atoms with Gasteiger partial charge in [0.1, 0.15) is 29.6 Å². The molecule has 0 aliphatic heterocycles. The number of hydrogen-bond acceptors (Lipinski definition) is 5. The third-order valence-electron chi connectivity index (χ3n) is 7.57. The summed E-state index contributed by atoms with van der Waals surface area (Å²) in [5.41, 5.74) is 3.29. The summed E-state index contributed by atoms with van der Waals surface area (Å²) < 4.78 is 54.1. The zero-order valence-electron chi connectivity index (χ0n) is 24.5. The molecule has 6 rings (SSSR count). The van der Waals surface area contributed by atoms with Crippen molar-refractivity contribution < 1.29 is 27.8 Å². The average molecular weight is 612 g/mol. The number of pyridine rings is 1. The maximum absolute atomic E-state index is 15.5. The van der Waals surface area contributed by atoms with Crippen LogP contribution in [-0.4, -0.2) is 35.2 Å². The van der Waals surface area contributed by atoms with E-state index in [4.69, 9.17) is 4.74 Å². The Labute approximate surface area is 256 Å². The Hall–Kier alpha value is -5.45. The van der Waals surface area contributed by atoms with Gasteiger partial charge in [0.15, 0.2) is 5.82 Å². The molecule has 45 heavy (non-hydrogen) atoms. The Bertz CT molecular complexity index is 2050. The maximum atomic E-state index is 15.5. The minimum Gasteiger partial charge on any atom is -0.478 e. The van der Waals surface area contributed by atoms with Crippen LogP contribution in [0.4, 0.5) is 13.2 Å². The second kappa shape index (κ2) is 12.3. The Morgan fingerprint density at radius 3 is 2.56 bits per heavy atom. The number of nitrogens with zero attached hydrogens (tertiary/aromatic N) is 5. The lowest BCUT2D eigenvalue weighted by atomic mass is 10.1. The van der Waals surface area contributed by atoms with Gasteiger partial charge < -0.3 is 19.0 Å². The van der Waals surface area contributed by atoms with E-state index in [0.717, 1.165) is 17.3 Å². The van der Waals surface area contributed by atoms with E-state index in [1.165, 1.54) is 18.2 Å². The lowest BCUT2D eigenvalue weighted by Crippen LogP contribution is -2.10. The van der Waals surface area contributed by atoms with Gasteiger partial charge in [-0.05, 0) is 61.4 Å². The van der Waals surface area contributed by atoms with Crippen molar-refractivity contribution in [3.63, 3.8) is 0 Å². The van der Waals surface area contributed by atoms with Gasteiger partial charge in [-0.2, -0.15) is 0 Å². The van der Waals surface area contributed by atoms with Crippen molar-refractivity contribution in [1.82, 2.24) is 24.1 Å². The van der Waals surface area contributed by atoms with Crippen molar-refractivity contribution in [3.05, 3.63) is 130 Å². The van der Waals surface area contributed by atoms with Crippen LogP contribution in [0.25, 0.3) is 22.3 Å². The van der Waals surface area contributed by atoms with Gasteiger partial charge in [-0.3, -0.25) is 0 Å². The lowest BCUT2D eigenvalue weighted by Gasteiger charge is -2.12. The molecule has 228 valence electrons. The van der Waals surface area contributed by atoms with Gasteiger partial charge in [-0.1, -0.05) is 24.3 Å².